The van der Waals surface area contributed by atoms with Crippen molar-refractivity contribution in [3.63, 3.8) is 0 Å². The largest absolute Gasteiger partial charge is 0.447 e. The minimum absolute atomic E-state index is 0.103. The lowest BCUT2D eigenvalue weighted by Crippen LogP contribution is -2.38. The van der Waals surface area contributed by atoms with Gasteiger partial charge in [-0.1, -0.05) is 37.2 Å². The molecule has 0 fully saturated rings. The van der Waals surface area contributed by atoms with Gasteiger partial charge >= 0.3 is 0 Å². The highest BCUT2D eigenvalue weighted by Crippen LogP contribution is 2.46. The maximum Gasteiger partial charge on any atom is 0.247 e. The first-order valence-electron chi connectivity index (χ1n) is 10.3. The summed E-state index contributed by atoms with van der Waals surface area (Å²) in [5.41, 5.74) is 3.08. The van der Waals surface area contributed by atoms with E-state index in [0.29, 0.717) is 22.1 Å². The summed E-state index contributed by atoms with van der Waals surface area (Å²) in [5.74, 6) is -0.803. The van der Waals surface area contributed by atoms with Gasteiger partial charge in [-0.15, -0.1) is 10.2 Å². The predicted octanol–water partition coefficient (Wildman–Crippen LogP) is 5.38. The van der Waals surface area contributed by atoms with Crippen LogP contribution in [0, 0.1) is 25.5 Å². The van der Waals surface area contributed by atoms with E-state index < -0.39 is 17.9 Å². The van der Waals surface area contributed by atoms with Crippen molar-refractivity contribution in [2.24, 2.45) is 0 Å². The molecule has 0 radical (unpaired) electrons. The van der Waals surface area contributed by atoms with E-state index in [4.69, 9.17) is 4.74 Å². The van der Waals surface area contributed by atoms with Crippen molar-refractivity contribution in [1.29, 1.82) is 0 Å². The first-order chi connectivity index (χ1) is 15.3. The van der Waals surface area contributed by atoms with Crippen molar-refractivity contribution in [1.82, 2.24) is 15.2 Å². The first-order valence-corrected chi connectivity index (χ1v) is 11.2. The molecule has 1 aliphatic rings. The van der Waals surface area contributed by atoms with E-state index in [1.807, 2.05) is 32.9 Å². The summed E-state index contributed by atoms with van der Waals surface area (Å²) in [6.45, 7) is 7.44. The number of amides is 1. The van der Waals surface area contributed by atoms with Crippen LogP contribution in [0.15, 0.2) is 35.5 Å². The van der Waals surface area contributed by atoms with Crippen LogP contribution in [0.4, 0.5) is 14.5 Å². The quantitative estimate of drug-likeness (QED) is 0.491. The van der Waals surface area contributed by atoms with Gasteiger partial charge in [-0.2, -0.15) is 4.98 Å². The molecule has 1 aliphatic heterocycles. The van der Waals surface area contributed by atoms with Gasteiger partial charge in [0.1, 0.15) is 11.6 Å². The van der Waals surface area contributed by atoms with Crippen molar-refractivity contribution in [3.8, 4) is 17.1 Å². The maximum absolute atomic E-state index is 14.9. The summed E-state index contributed by atoms with van der Waals surface area (Å²) in [5, 5.41) is 8.92. The van der Waals surface area contributed by atoms with Crippen LogP contribution in [0.25, 0.3) is 11.3 Å². The number of fused-ring (bicyclic) bond motifs is 3. The van der Waals surface area contributed by atoms with Crippen LogP contribution in [0.2, 0.25) is 0 Å². The van der Waals surface area contributed by atoms with E-state index in [0.717, 1.165) is 35.1 Å². The number of halogens is 2. The molecule has 2 heterocycles. The number of carbonyl (C=O) groups is 1. The Morgan fingerprint density at radius 3 is 2.66 bits per heavy atom. The number of hydrogen-bond donors (Lipinski definition) is 0. The second kappa shape index (κ2) is 8.82. The molecule has 2 aromatic carbocycles. The van der Waals surface area contributed by atoms with Gasteiger partial charge in [0.15, 0.2) is 5.69 Å². The number of rotatable bonds is 4. The Morgan fingerprint density at radius 1 is 1.16 bits per heavy atom. The van der Waals surface area contributed by atoms with Crippen LogP contribution in [-0.2, 0) is 4.79 Å². The lowest BCUT2D eigenvalue weighted by atomic mass is 9.99. The Bertz CT molecular complexity index is 1200. The van der Waals surface area contributed by atoms with Gasteiger partial charge in [0.05, 0.1) is 11.3 Å². The molecule has 9 heteroatoms. The monoisotopic (exact) mass is 456 g/mol. The molecule has 1 aromatic heterocycles. The van der Waals surface area contributed by atoms with Crippen molar-refractivity contribution in [2.45, 2.75) is 45.5 Å². The normalized spacial score (nSPS) is 14.9. The predicted molar refractivity (Wildman–Crippen MR) is 119 cm³/mol. The SMILES string of the molecule is CCSc1nnc2c(n1)O[C@@H](c1cc(F)ccc1F)N(C(=O)CC)c1c(C)cc(C)cc1-2. The smallest absolute Gasteiger partial charge is 0.247 e. The number of anilines is 1. The summed E-state index contributed by atoms with van der Waals surface area (Å²) in [7, 11) is 0. The van der Waals surface area contributed by atoms with Gasteiger partial charge in [0, 0.05) is 12.0 Å². The number of benzene rings is 2. The van der Waals surface area contributed by atoms with Crippen molar-refractivity contribution in [2.75, 3.05) is 10.7 Å². The fourth-order valence-electron chi connectivity index (χ4n) is 3.81. The molecule has 1 amide bonds. The molecule has 0 bridgehead atoms. The zero-order valence-corrected chi connectivity index (χ0v) is 19.0. The molecule has 0 unspecified atom stereocenters. The fourth-order valence-corrected chi connectivity index (χ4v) is 4.31. The van der Waals surface area contributed by atoms with Crippen LogP contribution in [0.1, 0.15) is 43.2 Å². The Labute approximate surface area is 189 Å². The lowest BCUT2D eigenvalue weighted by Gasteiger charge is -2.32. The molecule has 4 rings (SSSR count). The highest BCUT2D eigenvalue weighted by atomic mass is 32.2. The fraction of sp³-hybridized carbons (Fsp3) is 0.304. The van der Waals surface area contributed by atoms with Gasteiger partial charge in [-0.25, -0.2) is 8.78 Å². The van der Waals surface area contributed by atoms with Crippen molar-refractivity contribution in [3.05, 3.63) is 58.7 Å². The zero-order chi connectivity index (χ0) is 23.0. The second-order valence-electron chi connectivity index (χ2n) is 7.41. The van der Waals surface area contributed by atoms with E-state index in [2.05, 4.69) is 15.2 Å². The second-order valence-corrected chi connectivity index (χ2v) is 8.64. The van der Waals surface area contributed by atoms with E-state index in [1.54, 1.807) is 6.92 Å². The van der Waals surface area contributed by atoms with Gasteiger partial charge in [-0.05, 0) is 49.4 Å². The van der Waals surface area contributed by atoms with E-state index in [1.165, 1.54) is 16.7 Å². The third kappa shape index (κ3) is 3.92. The summed E-state index contributed by atoms with van der Waals surface area (Å²) in [6, 6.07) is 6.88. The molecular formula is C23H22F2N4O2S. The highest BCUT2D eigenvalue weighted by Gasteiger charge is 2.38. The van der Waals surface area contributed by atoms with E-state index in [9.17, 15) is 13.6 Å². The number of carbonyl (C=O) groups excluding carboxylic acids is 1. The third-order valence-corrected chi connectivity index (χ3v) is 5.82. The van der Waals surface area contributed by atoms with E-state index >= 15 is 0 Å². The zero-order valence-electron chi connectivity index (χ0n) is 18.1. The highest BCUT2D eigenvalue weighted by molar-refractivity contribution is 7.99. The summed E-state index contributed by atoms with van der Waals surface area (Å²) >= 11 is 1.38. The Hall–Kier alpha value is -3.07. The van der Waals surface area contributed by atoms with Crippen LogP contribution >= 0.6 is 11.8 Å². The number of thioether (sulfide) groups is 1. The van der Waals surface area contributed by atoms with Gasteiger partial charge in [0.2, 0.25) is 23.2 Å². The molecule has 0 saturated heterocycles. The molecule has 6 nitrogen and oxygen atoms in total. The van der Waals surface area contributed by atoms with Gasteiger partial charge < -0.3 is 4.74 Å². The molecule has 1 atom stereocenters. The number of ether oxygens (including phenoxy) is 1. The molecular weight excluding hydrogens is 434 g/mol. The Balaban J connectivity index is 2.05. The average Bonchev–Trinajstić information content (AvgIpc) is 2.89. The van der Waals surface area contributed by atoms with Crippen molar-refractivity contribution >= 4 is 23.4 Å². The van der Waals surface area contributed by atoms with Crippen LogP contribution in [0.3, 0.4) is 0 Å². The molecule has 0 aliphatic carbocycles. The molecule has 32 heavy (non-hydrogen) atoms. The van der Waals surface area contributed by atoms with E-state index in [-0.39, 0.29) is 23.8 Å². The number of aromatic nitrogens is 3. The Morgan fingerprint density at radius 2 is 1.94 bits per heavy atom. The Kier molecular flexibility index (Phi) is 6.10. The van der Waals surface area contributed by atoms with Crippen LogP contribution in [-0.4, -0.2) is 26.8 Å². The summed E-state index contributed by atoms with van der Waals surface area (Å²) < 4.78 is 35.2. The van der Waals surface area contributed by atoms with Gasteiger partial charge in [0.25, 0.3) is 0 Å². The van der Waals surface area contributed by atoms with Crippen LogP contribution < -0.4 is 9.64 Å². The van der Waals surface area contributed by atoms with Crippen LogP contribution in [0.5, 0.6) is 5.88 Å². The van der Waals surface area contributed by atoms with Crippen molar-refractivity contribution < 1.29 is 18.3 Å². The molecule has 166 valence electrons. The molecule has 0 N–H and O–H groups in total. The lowest BCUT2D eigenvalue weighted by molar-refractivity contribution is -0.120. The number of aryl methyl sites for hydroxylation is 2. The number of hydrogen-bond acceptors (Lipinski definition) is 6. The topological polar surface area (TPSA) is 68.2 Å². The average molecular weight is 457 g/mol. The molecule has 3 aromatic rings. The standard InChI is InChI=1S/C23H22F2N4O2S/c1-5-18(30)29-20-13(4)9-12(3)10-16(20)19-21(26-23(28-27-19)32-6-2)31-22(29)15-11-14(24)7-8-17(15)25/h7-11,22H,5-6H2,1-4H3/t22-/m0/s1. The molecule has 0 spiro atoms. The minimum atomic E-state index is -1.27. The summed E-state index contributed by atoms with van der Waals surface area (Å²) in [4.78, 5) is 19.0. The first kappa shape index (κ1) is 22.1. The minimum Gasteiger partial charge on any atom is -0.447 e. The molecule has 0 saturated carbocycles. The van der Waals surface area contributed by atoms with Gasteiger partial charge in [-0.3, -0.25) is 9.69 Å². The summed E-state index contributed by atoms with van der Waals surface area (Å²) in [6.07, 6.45) is -1.13. The maximum atomic E-state index is 14.9. The third-order valence-electron chi connectivity index (χ3n) is 5.10. The number of nitrogens with zero attached hydrogens (tertiary/aromatic N) is 4.